The van der Waals surface area contributed by atoms with E-state index in [4.69, 9.17) is 0 Å². The van der Waals surface area contributed by atoms with E-state index in [-0.39, 0.29) is 18.7 Å². The minimum atomic E-state index is -4.09. The van der Waals surface area contributed by atoms with Gasteiger partial charge in [-0.25, -0.2) is 21.6 Å². The summed E-state index contributed by atoms with van der Waals surface area (Å²) in [7, 11) is -4.09. The minimum absolute atomic E-state index is 0.185. The fourth-order valence-corrected chi connectivity index (χ4v) is 4.48. The van der Waals surface area contributed by atoms with E-state index in [2.05, 4.69) is 5.32 Å². The molecule has 0 aliphatic carbocycles. The number of rotatable bonds is 4. The number of nitrogens with one attached hydrogen (secondary N) is 1. The van der Waals surface area contributed by atoms with Gasteiger partial charge in [-0.15, -0.1) is 0 Å². The maximum Gasteiger partial charge on any atom is 0.255 e. The Morgan fingerprint density at radius 1 is 0.926 bits per heavy atom. The Bertz CT molecular complexity index is 974. The van der Waals surface area contributed by atoms with Gasteiger partial charge in [0.15, 0.2) is 0 Å². The number of anilines is 1. The topological polar surface area (TPSA) is 66.5 Å². The van der Waals surface area contributed by atoms with Crippen molar-refractivity contribution in [3.8, 4) is 0 Å². The van der Waals surface area contributed by atoms with E-state index >= 15 is 0 Å². The van der Waals surface area contributed by atoms with Crippen LogP contribution in [0.5, 0.6) is 0 Å². The first-order valence-corrected chi connectivity index (χ1v) is 9.79. The van der Waals surface area contributed by atoms with Gasteiger partial charge in [-0.2, -0.15) is 4.31 Å². The molecule has 1 aliphatic rings. The minimum Gasteiger partial charge on any atom is -0.319 e. The average Bonchev–Trinajstić information content (AvgIpc) is 2.65. The third-order valence-corrected chi connectivity index (χ3v) is 6.22. The number of piperidine rings is 1. The van der Waals surface area contributed by atoms with E-state index in [1.807, 2.05) is 0 Å². The standard InChI is InChI=1S/C18H17F3N2O3S/c19-13-5-7-14(20)16(11-13)22-18(24)12-4-6-15(21)17(10-12)27(25,26)23-8-2-1-3-9-23/h4-7,10-11H,1-3,8-9H2,(H,22,24). The van der Waals surface area contributed by atoms with Gasteiger partial charge in [-0.05, 0) is 43.2 Å². The molecule has 0 spiro atoms. The molecule has 0 saturated carbocycles. The Labute approximate surface area is 154 Å². The zero-order valence-electron chi connectivity index (χ0n) is 14.2. The van der Waals surface area contributed by atoms with Crippen molar-refractivity contribution in [3.05, 3.63) is 59.4 Å². The Kier molecular flexibility index (Phi) is 5.52. The first kappa shape index (κ1) is 19.4. The number of carbonyl (C=O) groups excluding carboxylic acids is 1. The van der Waals surface area contributed by atoms with Crippen LogP contribution in [0.25, 0.3) is 0 Å². The molecule has 1 aliphatic heterocycles. The first-order chi connectivity index (χ1) is 12.8. The third-order valence-electron chi connectivity index (χ3n) is 4.30. The molecule has 9 heteroatoms. The summed E-state index contributed by atoms with van der Waals surface area (Å²) >= 11 is 0. The molecule has 3 rings (SSSR count). The SMILES string of the molecule is O=C(Nc1cc(F)ccc1F)c1ccc(F)c(S(=O)(=O)N2CCCCC2)c1. The monoisotopic (exact) mass is 398 g/mol. The van der Waals surface area contributed by atoms with Crippen molar-refractivity contribution in [3.63, 3.8) is 0 Å². The maximum absolute atomic E-state index is 14.2. The van der Waals surface area contributed by atoms with E-state index < -0.39 is 44.0 Å². The number of carbonyl (C=O) groups is 1. The van der Waals surface area contributed by atoms with Crippen LogP contribution in [0.1, 0.15) is 29.6 Å². The Morgan fingerprint density at radius 3 is 2.30 bits per heavy atom. The molecule has 1 N–H and O–H groups in total. The van der Waals surface area contributed by atoms with Crippen LogP contribution in [0, 0.1) is 17.5 Å². The van der Waals surface area contributed by atoms with Gasteiger partial charge in [0.25, 0.3) is 5.91 Å². The van der Waals surface area contributed by atoms with Crippen molar-refractivity contribution in [1.82, 2.24) is 4.31 Å². The van der Waals surface area contributed by atoms with E-state index in [0.717, 1.165) is 42.8 Å². The van der Waals surface area contributed by atoms with Crippen LogP contribution in [0.15, 0.2) is 41.3 Å². The summed E-state index contributed by atoms with van der Waals surface area (Å²) in [5.41, 5.74) is -0.583. The van der Waals surface area contributed by atoms with Crippen LogP contribution in [-0.4, -0.2) is 31.7 Å². The highest BCUT2D eigenvalue weighted by atomic mass is 32.2. The average molecular weight is 398 g/mol. The van der Waals surface area contributed by atoms with Crippen LogP contribution in [0.3, 0.4) is 0 Å². The summed E-state index contributed by atoms with van der Waals surface area (Å²) in [5.74, 6) is -3.46. The second-order valence-corrected chi connectivity index (χ2v) is 8.09. The predicted molar refractivity (Wildman–Crippen MR) is 93.3 cm³/mol. The number of benzene rings is 2. The summed E-state index contributed by atoms with van der Waals surface area (Å²) in [6.07, 6.45) is 2.26. The lowest BCUT2D eigenvalue weighted by molar-refractivity contribution is 0.102. The highest BCUT2D eigenvalue weighted by molar-refractivity contribution is 7.89. The molecule has 0 bridgehead atoms. The van der Waals surface area contributed by atoms with Gasteiger partial charge < -0.3 is 5.32 Å². The van der Waals surface area contributed by atoms with Gasteiger partial charge in [0.05, 0.1) is 5.69 Å². The van der Waals surface area contributed by atoms with Crippen molar-refractivity contribution < 1.29 is 26.4 Å². The maximum atomic E-state index is 14.2. The van der Waals surface area contributed by atoms with E-state index in [1.165, 1.54) is 4.31 Å². The number of hydrogen-bond donors (Lipinski definition) is 1. The van der Waals surface area contributed by atoms with Crippen molar-refractivity contribution in [2.24, 2.45) is 0 Å². The van der Waals surface area contributed by atoms with Crippen LogP contribution in [0.2, 0.25) is 0 Å². The lowest BCUT2D eigenvalue weighted by Gasteiger charge is -2.26. The normalized spacial score (nSPS) is 15.5. The highest BCUT2D eigenvalue weighted by Crippen LogP contribution is 2.24. The fourth-order valence-electron chi connectivity index (χ4n) is 2.87. The van der Waals surface area contributed by atoms with E-state index in [0.29, 0.717) is 12.8 Å². The molecule has 1 amide bonds. The molecule has 0 unspecified atom stereocenters. The fraction of sp³-hybridized carbons (Fsp3) is 0.278. The molecule has 144 valence electrons. The summed E-state index contributed by atoms with van der Waals surface area (Å²) in [6, 6.07) is 5.40. The molecular weight excluding hydrogens is 381 g/mol. The van der Waals surface area contributed by atoms with Gasteiger partial charge >= 0.3 is 0 Å². The van der Waals surface area contributed by atoms with Crippen molar-refractivity contribution >= 4 is 21.6 Å². The summed E-state index contributed by atoms with van der Waals surface area (Å²) in [5, 5.41) is 2.16. The number of amides is 1. The quantitative estimate of drug-likeness (QED) is 0.857. The Morgan fingerprint density at radius 2 is 1.59 bits per heavy atom. The predicted octanol–water partition coefficient (Wildman–Crippen LogP) is 3.53. The summed E-state index contributed by atoms with van der Waals surface area (Å²) < 4.78 is 67.6. The summed E-state index contributed by atoms with van der Waals surface area (Å²) in [4.78, 5) is 11.7. The zero-order valence-corrected chi connectivity index (χ0v) is 15.0. The molecule has 2 aromatic rings. The smallest absolute Gasteiger partial charge is 0.255 e. The lowest BCUT2D eigenvalue weighted by Crippen LogP contribution is -2.36. The lowest BCUT2D eigenvalue weighted by atomic mass is 10.2. The second kappa shape index (κ2) is 7.69. The second-order valence-electron chi connectivity index (χ2n) is 6.19. The van der Waals surface area contributed by atoms with Crippen LogP contribution in [0.4, 0.5) is 18.9 Å². The van der Waals surface area contributed by atoms with Gasteiger partial charge in [-0.3, -0.25) is 4.79 Å². The third kappa shape index (κ3) is 4.14. The van der Waals surface area contributed by atoms with Gasteiger partial charge in [0, 0.05) is 24.7 Å². The molecule has 0 radical (unpaired) electrons. The number of nitrogens with zero attached hydrogens (tertiary/aromatic N) is 1. The number of halogens is 3. The number of hydrogen-bond acceptors (Lipinski definition) is 3. The van der Waals surface area contributed by atoms with Gasteiger partial charge in [-0.1, -0.05) is 6.42 Å². The Balaban J connectivity index is 1.90. The number of sulfonamides is 1. The van der Waals surface area contributed by atoms with Crippen molar-refractivity contribution in [1.29, 1.82) is 0 Å². The molecular formula is C18H17F3N2O3S. The van der Waals surface area contributed by atoms with Crippen LogP contribution >= 0.6 is 0 Å². The highest BCUT2D eigenvalue weighted by Gasteiger charge is 2.29. The van der Waals surface area contributed by atoms with Gasteiger partial charge in [0.1, 0.15) is 22.3 Å². The summed E-state index contributed by atoms with van der Waals surface area (Å²) in [6.45, 7) is 0.569. The molecule has 0 atom stereocenters. The molecule has 0 aromatic heterocycles. The van der Waals surface area contributed by atoms with Crippen LogP contribution in [-0.2, 0) is 10.0 Å². The van der Waals surface area contributed by atoms with Crippen molar-refractivity contribution in [2.45, 2.75) is 24.2 Å². The molecule has 2 aromatic carbocycles. The van der Waals surface area contributed by atoms with Gasteiger partial charge in [0.2, 0.25) is 10.0 Å². The first-order valence-electron chi connectivity index (χ1n) is 8.35. The van der Waals surface area contributed by atoms with E-state index in [1.54, 1.807) is 0 Å². The largest absolute Gasteiger partial charge is 0.319 e. The molecule has 5 nitrogen and oxygen atoms in total. The van der Waals surface area contributed by atoms with Crippen molar-refractivity contribution in [2.75, 3.05) is 18.4 Å². The van der Waals surface area contributed by atoms with Crippen LogP contribution < -0.4 is 5.32 Å². The Hall–Kier alpha value is -2.39. The zero-order chi connectivity index (χ0) is 19.6. The van der Waals surface area contributed by atoms with E-state index in [9.17, 15) is 26.4 Å². The molecule has 27 heavy (non-hydrogen) atoms. The molecule has 1 heterocycles. The molecule has 1 fully saturated rings. The molecule has 1 saturated heterocycles.